The standard InChI is InChI=1S/C20H20ClN3O2S/c1-13-14(21)6-4-8-15(13)23-19(26)12-22-18(25)10-5-11-20-24-16-7-2-3-9-17(16)27-20/h2-4,6-9H,5,10-12H2,1H3,(H,22,25)(H,23,26). The van der Waals surface area contributed by atoms with Gasteiger partial charge >= 0.3 is 0 Å². The van der Waals surface area contributed by atoms with Gasteiger partial charge < -0.3 is 10.6 Å². The molecule has 27 heavy (non-hydrogen) atoms. The zero-order valence-electron chi connectivity index (χ0n) is 14.9. The lowest BCUT2D eigenvalue weighted by Crippen LogP contribution is -2.32. The predicted molar refractivity (Wildman–Crippen MR) is 110 cm³/mol. The van der Waals surface area contributed by atoms with Gasteiger partial charge in [-0.15, -0.1) is 11.3 Å². The van der Waals surface area contributed by atoms with Crippen LogP contribution >= 0.6 is 22.9 Å². The summed E-state index contributed by atoms with van der Waals surface area (Å²) in [7, 11) is 0. The Morgan fingerprint density at radius 2 is 1.93 bits per heavy atom. The first-order chi connectivity index (χ1) is 13.0. The third-order valence-electron chi connectivity index (χ3n) is 4.12. The topological polar surface area (TPSA) is 71.1 Å². The second-order valence-electron chi connectivity index (χ2n) is 6.17. The van der Waals surface area contributed by atoms with Gasteiger partial charge in [0.2, 0.25) is 11.8 Å². The first kappa shape index (κ1) is 19.3. The van der Waals surface area contributed by atoms with Crippen molar-refractivity contribution < 1.29 is 9.59 Å². The summed E-state index contributed by atoms with van der Waals surface area (Å²) in [6, 6.07) is 13.3. The van der Waals surface area contributed by atoms with Crippen molar-refractivity contribution >= 4 is 50.7 Å². The molecule has 2 amide bonds. The second kappa shape index (κ2) is 8.97. The molecule has 0 aliphatic rings. The van der Waals surface area contributed by atoms with Crippen LogP contribution in [0.25, 0.3) is 10.2 Å². The van der Waals surface area contributed by atoms with Crippen LogP contribution < -0.4 is 10.6 Å². The molecule has 0 unspecified atom stereocenters. The summed E-state index contributed by atoms with van der Waals surface area (Å²) in [6.07, 6.45) is 1.81. The Hall–Kier alpha value is -2.44. The minimum absolute atomic E-state index is 0.0636. The van der Waals surface area contributed by atoms with Gasteiger partial charge in [0.15, 0.2) is 0 Å². The van der Waals surface area contributed by atoms with Crippen LogP contribution in [0.5, 0.6) is 0 Å². The van der Waals surface area contributed by atoms with Crippen molar-refractivity contribution in [3.05, 3.63) is 58.1 Å². The van der Waals surface area contributed by atoms with Gasteiger partial charge in [-0.1, -0.05) is 29.8 Å². The number of amides is 2. The molecule has 1 aromatic heterocycles. The fraction of sp³-hybridized carbons (Fsp3) is 0.250. The quantitative estimate of drug-likeness (QED) is 0.618. The molecule has 0 bridgehead atoms. The molecular weight excluding hydrogens is 382 g/mol. The predicted octanol–water partition coefficient (Wildman–Crippen LogP) is 4.34. The molecular formula is C20H20ClN3O2S. The fourth-order valence-electron chi connectivity index (χ4n) is 2.63. The van der Waals surface area contributed by atoms with Gasteiger partial charge in [0, 0.05) is 17.1 Å². The van der Waals surface area contributed by atoms with Gasteiger partial charge in [0.05, 0.1) is 21.8 Å². The number of aromatic nitrogens is 1. The molecule has 0 saturated heterocycles. The molecule has 2 N–H and O–H groups in total. The van der Waals surface area contributed by atoms with Crippen molar-refractivity contribution in [2.45, 2.75) is 26.2 Å². The molecule has 0 saturated carbocycles. The minimum atomic E-state index is -0.278. The number of anilines is 1. The summed E-state index contributed by atoms with van der Waals surface area (Å²) in [5, 5.41) is 7.02. The summed E-state index contributed by atoms with van der Waals surface area (Å²) in [5.41, 5.74) is 2.45. The fourth-order valence-corrected chi connectivity index (χ4v) is 3.82. The number of nitrogens with one attached hydrogen (secondary N) is 2. The SMILES string of the molecule is Cc1c(Cl)cccc1NC(=O)CNC(=O)CCCc1nc2ccccc2s1. The van der Waals surface area contributed by atoms with Crippen LogP contribution in [0.4, 0.5) is 5.69 Å². The average Bonchev–Trinajstić information content (AvgIpc) is 3.06. The van der Waals surface area contributed by atoms with E-state index in [1.165, 1.54) is 0 Å². The van der Waals surface area contributed by atoms with Crippen molar-refractivity contribution in [3.8, 4) is 0 Å². The first-order valence-corrected chi connectivity index (χ1v) is 9.88. The van der Waals surface area contributed by atoms with Gasteiger partial charge in [-0.25, -0.2) is 4.98 Å². The van der Waals surface area contributed by atoms with Crippen LogP contribution in [0.1, 0.15) is 23.4 Å². The zero-order valence-corrected chi connectivity index (χ0v) is 16.5. The monoisotopic (exact) mass is 401 g/mol. The smallest absolute Gasteiger partial charge is 0.243 e. The molecule has 0 aliphatic heterocycles. The number of aryl methyl sites for hydroxylation is 1. The van der Waals surface area contributed by atoms with Crippen molar-refractivity contribution in [1.82, 2.24) is 10.3 Å². The van der Waals surface area contributed by atoms with Gasteiger partial charge in [-0.05, 0) is 49.6 Å². The third-order valence-corrected chi connectivity index (χ3v) is 5.63. The van der Waals surface area contributed by atoms with E-state index in [2.05, 4.69) is 15.6 Å². The molecule has 1 heterocycles. The van der Waals surface area contributed by atoms with Crippen molar-refractivity contribution in [2.75, 3.05) is 11.9 Å². The number of fused-ring (bicyclic) bond motifs is 1. The van der Waals surface area contributed by atoms with E-state index in [0.29, 0.717) is 23.6 Å². The summed E-state index contributed by atoms with van der Waals surface area (Å²) < 4.78 is 1.16. The number of hydrogen-bond donors (Lipinski definition) is 2. The number of hydrogen-bond acceptors (Lipinski definition) is 4. The Morgan fingerprint density at radius 3 is 2.74 bits per heavy atom. The van der Waals surface area contributed by atoms with Crippen LogP contribution in [0.3, 0.4) is 0 Å². The Morgan fingerprint density at radius 1 is 1.11 bits per heavy atom. The molecule has 0 fully saturated rings. The van der Waals surface area contributed by atoms with Crippen molar-refractivity contribution in [2.24, 2.45) is 0 Å². The molecule has 0 radical (unpaired) electrons. The molecule has 2 aromatic carbocycles. The van der Waals surface area contributed by atoms with Gasteiger partial charge in [0.1, 0.15) is 0 Å². The Kier molecular flexibility index (Phi) is 6.42. The number of carbonyl (C=O) groups is 2. The number of halogens is 1. The number of rotatable bonds is 7. The lowest BCUT2D eigenvalue weighted by atomic mass is 10.2. The van der Waals surface area contributed by atoms with E-state index in [1.807, 2.05) is 31.2 Å². The van der Waals surface area contributed by atoms with E-state index in [-0.39, 0.29) is 18.4 Å². The van der Waals surface area contributed by atoms with E-state index < -0.39 is 0 Å². The van der Waals surface area contributed by atoms with E-state index in [4.69, 9.17) is 11.6 Å². The van der Waals surface area contributed by atoms with Crippen molar-refractivity contribution in [3.63, 3.8) is 0 Å². The number of benzene rings is 2. The summed E-state index contributed by atoms with van der Waals surface area (Å²) in [6.45, 7) is 1.77. The maximum absolute atomic E-state index is 12.0. The summed E-state index contributed by atoms with van der Waals surface area (Å²) >= 11 is 7.69. The Labute approximate surface area is 166 Å². The average molecular weight is 402 g/mol. The highest BCUT2D eigenvalue weighted by Gasteiger charge is 2.09. The number of carbonyl (C=O) groups excluding carboxylic acids is 2. The normalized spacial score (nSPS) is 10.7. The number of thiazole rings is 1. The molecule has 3 rings (SSSR count). The van der Waals surface area contributed by atoms with Crippen LogP contribution in [-0.2, 0) is 16.0 Å². The van der Waals surface area contributed by atoms with E-state index >= 15 is 0 Å². The summed E-state index contributed by atoms with van der Waals surface area (Å²) in [5.74, 6) is -0.422. The first-order valence-electron chi connectivity index (χ1n) is 8.69. The van der Waals surface area contributed by atoms with Gasteiger partial charge in [-0.2, -0.15) is 0 Å². The third kappa shape index (κ3) is 5.28. The highest BCUT2D eigenvalue weighted by molar-refractivity contribution is 7.18. The Bertz CT molecular complexity index is 938. The molecule has 0 aliphatic carbocycles. The van der Waals surface area contributed by atoms with Crippen LogP contribution in [0.15, 0.2) is 42.5 Å². The highest BCUT2D eigenvalue weighted by Crippen LogP contribution is 2.23. The van der Waals surface area contributed by atoms with Gasteiger partial charge in [-0.3, -0.25) is 9.59 Å². The van der Waals surface area contributed by atoms with Crippen LogP contribution in [0, 0.1) is 6.92 Å². The number of nitrogens with zero attached hydrogens (tertiary/aromatic N) is 1. The molecule has 5 nitrogen and oxygen atoms in total. The zero-order chi connectivity index (χ0) is 19.2. The molecule has 3 aromatic rings. The maximum Gasteiger partial charge on any atom is 0.243 e. The maximum atomic E-state index is 12.0. The molecule has 0 spiro atoms. The molecule has 0 atom stereocenters. The minimum Gasteiger partial charge on any atom is -0.347 e. The van der Waals surface area contributed by atoms with Crippen molar-refractivity contribution in [1.29, 1.82) is 0 Å². The van der Waals surface area contributed by atoms with E-state index in [1.54, 1.807) is 29.5 Å². The van der Waals surface area contributed by atoms with Crippen LogP contribution in [-0.4, -0.2) is 23.3 Å². The molecule has 140 valence electrons. The lowest BCUT2D eigenvalue weighted by Gasteiger charge is -2.10. The lowest BCUT2D eigenvalue weighted by molar-refractivity contribution is -0.124. The number of para-hydroxylation sites is 1. The van der Waals surface area contributed by atoms with E-state index in [9.17, 15) is 9.59 Å². The van der Waals surface area contributed by atoms with Gasteiger partial charge in [0.25, 0.3) is 0 Å². The molecule has 7 heteroatoms. The largest absolute Gasteiger partial charge is 0.347 e. The Balaban J connectivity index is 1.40. The summed E-state index contributed by atoms with van der Waals surface area (Å²) in [4.78, 5) is 28.5. The van der Waals surface area contributed by atoms with Crippen LogP contribution in [0.2, 0.25) is 5.02 Å². The van der Waals surface area contributed by atoms with E-state index in [0.717, 1.165) is 27.2 Å². The second-order valence-corrected chi connectivity index (χ2v) is 7.69. The highest BCUT2D eigenvalue weighted by atomic mass is 35.5.